The molecule has 0 amide bonds. The number of aromatic carboxylic acids is 1. The molecule has 0 aromatic heterocycles. The number of benzene rings is 1. The Kier molecular flexibility index (Phi) is 4.12. The first-order valence-electron chi connectivity index (χ1n) is 6.39. The fraction of sp³-hybridized carbons (Fsp3) is 0.462. The highest BCUT2D eigenvalue weighted by atomic mass is 32.2. The van der Waals surface area contributed by atoms with Gasteiger partial charge in [-0.15, -0.1) is 0 Å². The average molecular weight is 298 g/mol. The van der Waals surface area contributed by atoms with Crippen LogP contribution in [-0.2, 0) is 10.0 Å². The summed E-state index contributed by atoms with van der Waals surface area (Å²) < 4.78 is 26.6. The topological polar surface area (TPSA) is 86.7 Å². The molecular weight excluding hydrogens is 280 g/mol. The molecule has 0 unspecified atom stereocenters. The molecule has 110 valence electrons. The van der Waals surface area contributed by atoms with Crippen molar-refractivity contribution < 1.29 is 18.3 Å². The summed E-state index contributed by atoms with van der Waals surface area (Å²) in [6.45, 7) is 5.37. The number of rotatable bonds is 3. The average Bonchev–Trinajstić information content (AvgIpc) is 2.39. The Labute approximate surface area is 118 Å². The summed E-state index contributed by atoms with van der Waals surface area (Å²) in [6.07, 6.45) is 0. The highest BCUT2D eigenvalue weighted by molar-refractivity contribution is 7.89. The minimum Gasteiger partial charge on any atom is -0.478 e. The van der Waals surface area contributed by atoms with Gasteiger partial charge in [-0.2, -0.15) is 4.31 Å². The molecule has 20 heavy (non-hydrogen) atoms. The largest absolute Gasteiger partial charge is 0.478 e. The van der Waals surface area contributed by atoms with E-state index in [1.807, 2.05) is 0 Å². The van der Waals surface area contributed by atoms with E-state index >= 15 is 0 Å². The maximum atomic E-state index is 12.6. The molecule has 7 heteroatoms. The standard InChI is InChI=1S/C13H18N2O4S/c1-9-7-10(2)12(8-11(9)13(16)17)20(18,19)15-5-3-14-4-6-15/h7-8,14H,3-6H2,1-2H3,(H,16,17). The molecule has 6 nitrogen and oxygen atoms in total. The maximum absolute atomic E-state index is 12.6. The number of aryl methyl sites for hydroxylation is 2. The Balaban J connectivity index is 2.50. The number of piperazine rings is 1. The van der Waals surface area contributed by atoms with E-state index in [9.17, 15) is 13.2 Å². The molecule has 0 saturated carbocycles. The van der Waals surface area contributed by atoms with Gasteiger partial charge in [0.25, 0.3) is 0 Å². The van der Waals surface area contributed by atoms with Gasteiger partial charge in [0.1, 0.15) is 0 Å². The molecule has 0 spiro atoms. The van der Waals surface area contributed by atoms with Crippen molar-refractivity contribution in [3.63, 3.8) is 0 Å². The Hall–Kier alpha value is -1.44. The Bertz CT molecular complexity index is 634. The number of hydrogen-bond acceptors (Lipinski definition) is 4. The van der Waals surface area contributed by atoms with Crippen LogP contribution in [-0.4, -0.2) is 50.0 Å². The quantitative estimate of drug-likeness (QED) is 0.853. The molecule has 1 aliphatic rings. The molecule has 0 atom stereocenters. The predicted molar refractivity (Wildman–Crippen MR) is 74.5 cm³/mol. The molecule has 1 fully saturated rings. The number of sulfonamides is 1. The van der Waals surface area contributed by atoms with Crippen LogP contribution in [0.15, 0.2) is 17.0 Å². The first-order chi connectivity index (χ1) is 9.34. The van der Waals surface area contributed by atoms with Gasteiger partial charge in [0.15, 0.2) is 0 Å². The van der Waals surface area contributed by atoms with Gasteiger partial charge in [0, 0.05) is 26.2 Å². The summed E-state index contributed by atoms with van der Waals surface area (Å²) in [5.74, 6) is -1.11. The maximum Gasteiger partial charge on any atom is 0.335 e. The number of carbonyl (C=O) groups is 1. The SMILES string of the molecule is Cc1cc(C)c(S(=O)(=O)N2CCNCC2)cc1C(=O)O. The lowest BCUT2D eigenvalue weighted by molar-refractivity contribution is 0.0696. The molecule has 0 radical (unpaired) electrons. The van der Waals surface area contributed by atoms with Crippen molar-refractivity contribution in [2.24, 2.45) is 0 Å². The lowest BCUT2D eigenvalue weighted by atomic mass is 10.1. The van der Waals surface area contributed by atoms with Crippen molar-refractivity contribution in [3.05, 3.63) is 28.8 Å². The Morgan fingerprint density at radius 1 is 1.20 bits per heavy atom. The van der Waals surface area contributed by atoms with Crippen LogP contribution in [0, 0.1) is 13.8 Å². The van der Waals surface area contributed by atoms with E-state index in [0.717, 1.165) is 0 Å². The van der Waals surface area contributed by atoms with Crippen LogP contribution in [0.1, 0.15) is 21.5 Å². The number of nitrogens with zero attached hydrogens (tertiary/aromatic N) is 1. The molecule has 2 rings (SSSR count). The molecule has 1 aromatic carbocycles. The molecule has 1 heterocycles. The molecule has 0 aliphatic carbocycles. The fourth-order valence-electron chi connectivity index (χ4n) is 2.36. The third kappa shape index (κ3) is 2.70. The second-order valence-corrected chi connectivity index (χ2v) is 6.80. The van der Waals surface area contributed by atoms with E-state index in [-0.39, 0.29) is 10.5 Å². The molecule has 1 aromatic rings. The molecule has 1 saturated heterocycles. The molecular formula is C13H18N2O4S. The van der Waals surface area contributed by atoms with Gasteiger partial charge in [-0.1, -0.05) is 6.07 Å². The summed E-state index contributed by atoms with van der Waals surface area (Å²) in [5, 5.41) is 12.2. The van der Waals surface area contributed by atoms with Crippen molar-refractivity contribution in [1.82, 2.24) is 9.62 Å². The smallest absolute Gasteiger partial charge is 0.335 e. The van der Waals surface area contributed by atoms with Crippen LogP contribution < -0.4 is 5.32 Å². The van der Waals surface area contributed by atoms with Crippen LogP contribution in [0.4, 0.5) is 0 Å². The van der Waals surface area contributed by atoms with Crippen LogP contribution >= 0.6 is 0 Å². The first-order valence-corrected chi connectivity index (χ1v) is 7.83. The predicted octanol–water partition coefficient (Wildman–Crippen LogP) is 0.596. The summed E-state index contributed by atoms with van der Waals surface area (Å²) in [5.41, 5.74) is 1.17. The van der Waals surface area contributed by atoms with Gasteiger partial charge in [0.05, 0.1) is 10.5 Å². The number of hydrogen-bond donors (Lipinski definition) is 2. The highest BCUT2D eigenvalue weighted by Gasteiger charge is 2.28. The van der Waals surface area contributed by atoms with Crippen LogP contribution in [0.3, 0.4) is 0 Å². The second-order valence-electron chi connectivity index (χ2n) is 4.89. The van der Waals surface area contributed by atoms with Gasteiger partial charge in [-0.3, -0.25) is 0 Å². The van der Waals surface area contributed by atoms with E-state index in [4.69, 9.17) is 5.11 Å². The monoisotopic (exact) mass is 298 g/mol. The Morgan fingerprint density at radius 3 is 2.35 bits per heavy atom. The fourth-order valence-corrected chi connectivity index (χ4v) is 4.04. The number of carboxylic acids is 1. The molecule has 0 bridgehead atoms. The van der Waals surface area contributed by atoms with E-state index in [0.29, 0.717) is 37.3 Å². The van der Waals surface area contributed by atoms with Gasteiger partial charge in [0.2, 0.25) is 10.0 Å². The van der Waals surface area contributed by atoms with Crippen molar-refractivity contribution in [2.75, 3.05) is 26.2 Å². The zero-order chi connectivity index (χ0) is 14.9. The lowest BCUT2D eigenvalue weighted by Crippen LogP contribution is -2.46. The van der Waals surface area contributed by atoms with Gasteiger partial charge < -0.3 is 10.4 Å². The number of nitrogens with one attached hydrogen (secondary N) is 1. The summed E-state index contributed by atoms with van der Waals surface area (Å²) in [7, 11) is -3.64. The molecule has 1 aliphatic heterocycles. The zero-order valence-electron chi connectivity index (χ0n) is 11.5. The summed E-state index contributed by atoms with van der Waals surface area (Å²) >= 11 is 0. The Morgan fingerprint density at radius 2 is 1.80 bits per heavy atom. The molecule has 2 N–H and O–H groups in total. The van der Waals surface area contributed by atoms with E-state index in [1.165, 1.54) is 10.4 Å². The van der Waals surface area contributed by atoms with Crippen molar-refractivity contribution >= 4 is 16.0 Å². The second kappa shape index (κ2) is 5.51. The minimum absolute atomic E-state index is 0.0318. The van der Waals surface area contributed by atoms with Crippen LogP contribution in [0.2, 0.25) is 0 Å². The van der Waals surface area contributed by atoms with Crippen molar-refractivity contribution in [3.8, 4) is 0 Å². The van der Waals surface area contributed by atoms with Crippen molar-refractivity contribution in [2.45, 2.75) is 18.7 Å². The van der Waals surface area contributed by atoms with Crippen molar-refractivity contribution in [1.29, 1.82) is 0 Å². The third-order valence-electron chi connectivity index (χ3n) is 3.45. The first kappa shape index (κ1) is 15.0. The van der Waals surface area contributed by atoms with Crippen LogP contribution in [0.5, 0.6) is 0 Å². The lowest BCUT2D eigenvalue weighted by Gasteiger charge is -2.27. The van der Waals surface area contributed by atoms with Gasteiger partial charge >= 0.3 is 5.97 Å². The summed E-state index contributed by atoms with van der Waals surface area (Å²) in [6, 6.07) is 2.88. The summed E-state index contributed by atoms with van der Waals surface area (Å²) in [4.78, 5) is 11.3. The van der Waals surface area contributed by atoms with E-state index in [1.54, 1.807) is 19.9 Å². The highest BCUT2D eigenvalue weighted by Crippen LogP contribution is 2.24. The zero-order valence-corrected chi connectivity index (χ0v) is 12.3. The number of carboxylic acid groups (broad SMARTS) is 1. The van der Waals surface area contributed by atoms with Gasteiger partial charge in [-0.25, -0.2) is 13.2 Å². The van der Waals surface area contributed by atoms with Crippen LogP contribution in [0.25, 0.3) is 0 Å². The third-order valence-corrected chi connectivity index (χ3v) is 5.49. The normalized spacial score (nSPS) is 17.1. The van der Waals surface area contributed by atoms with E-state index < -0.39 is 16.0 Å². The minimum atomic E-state index is -3.64. The van der Waals surface area contributed by atoms with E-state index in [2.05, 4.69) is 5.32 Å². The van der Waals surface area contributed by atoms with Gasteiger partial charge in [-0.05, 0) is 31.0 Å².